The van der Waals surface area contributed by atoms with Gasteiger partial charge >= 0.3 is 0 Å². The Kier molecular flexibility index (Phi) is 4.83. The molecule has 1 aliphatic rings. The molecule has 1 heterocycles. The number of rotatable bonds is 4. The summed E-state index contributed by atoms with van der Waals surface area (Å²) in [7, 11) is 0. The van der Waals surface area contributed by atoms with E-state index in [1.807, 2.05) is 12.1 Å². The lowest BCUT2D eigenvalue weighted by atomic mass is 10.1. The van der Waals surface area contributed by atoms with Crippen LogP contribution in [0.2, 0.25) is 0 Å². The van der Waals surface area contributed by atoms with E-state index in [9.17, 15) is 4.39 Å². The first-order valence-electron chi connectivity index (χ1n) is 6.11. The molecule has 0 spiro atoms. The van der Waals surface area contributed by atoms with Crippen LogP contribution < -0.4 is 5.73 Å². The third-order valence-corrected chi connectivity index (χ3v) is 4.07. The summed E-state index contributed by atoms with van der Waals surface area (Å²) in [4.78, 5) is 3.12. The van der Waals surface area contributed by atoms with Crippen LogP contribution in [0.3, 0.4) is 0 Å². The van der Waals surface area contributed by atoms with Crippen LogP contribution in [0.4, 0.5) is 4.39 Å². The van der Waals surface area contributed by atoms with E-state index in [0.29, 0.717) is 6.04 Å². The number of thioether (sulfide) groups is 1. The van der Waals surface area contributed by atoms with E-state index in [-0.39, 0.29) is 5.82 Å². The Bertz CT molecular complexity index is 359. The zero-order valence-corrected chi connectivity index (χ0v) is 10.8. The lowest BCUT2D eigenvalue weighted by Crippen LogP contribution is -2.43. The summed E-state index contributed by atoms with van der Waals surface area (Å²) < 4.78 is 13.4. The molecule has 2 rings (SSSR count). The highest BCUT2D eigenvalue weighted by Gasteiger charge is 2.15. The largest absolute Gasteiger partial charge is 0.327 e. The summed E-state index contributed by atoms with van der Waals surface area (Å²) in [6, 6.07) is 7.27. The summed E-state index contributed by atoms with van der Waals surface area (Å²) in [5, 5.41) is 0. The third-order valence-electron chi connectivity index (χ3n) is 3.04. The summed E-state index contributed by atoms with van der Waals surface area (Å²) in [5.74, 6) is 0.807. The molecule has 2 nitrogen and oxygen atoms in total. The van der Waals surface area contributed by atoms with Crippen molar-refractivity contribution in [3.05, 3.63) is 30.1 Å². The lowest BCUT2D eigenvalue weighted by Gasteiger charge is -2.30. The second-order valence-corrected chi connectivity index (χ2v) is 5.62. The SMILES string of the molecule is N[C@@H]1CCCN(CCSc2ccccc2F)C1. The van der Waals surface area contributed by atoms with E-state index in [0.717, 1.165) is 36.7 Å². The van der Waals surface area contributed by atoms with Gasteiger partial charge in [0, 0.05) is 29.8 Å². The minimum absolute atomic E-state index is 0.118. The number of likely N-dealkylation sites (tertiary alicyclic amines) is 1. The van der Waals surface area contributed by atoms with Gasteiger partial charge in [0.05, 0.1) is 0 Å². The summed E-state index contributed by atoms with van der Waals surface area (Å²) >= 11 is 1.58. The van der Waals surface area contributed by atoms with Crippen molar-refractivity contribution in [1.29, 1.82) is 0 Å². The molecule has 1 fully saturated rings. The zero-order valence-electron chi connectivity index (χ0n) is 9.94. The molecule has 0 saturated carbocycles. The summed E-state index contributed by atoms with van der Waals surface area (Å²) in [6.45, 7) is 3.11. The van der Waals surface area contributed by atoms with Gasteiger partial charge in [-0.1, -0.05) is 12.1 Å². The Labute approximate surface area is 106 Å². The second-order valence-electron chi connectivity index (χ2n) is 4.48. The molecule has 1 aromatic carbocycles. The normalized spacial score (nSPS) is 21.6. The standard InChI is InChI=1S/C13H19FN2S/c14-12-5-1-2-6-13(12)17-9-8-16-7-3-4-11(15)10-16/h1-2,5-6,11H,3-4,7-10,15H2/t11-/m1/s1. The van der Waals surface area contributed by atoms with E-state index in [1.54, 1.807) is 17.8 Å². The van der Waals surface area contributed by atoms with Crippen LogP contribution >= 0.6 is 11.8 Å². The van der Waals surface area contributed by atoms with E-state index >= 15 is 0 Å². The van der Waals surface area contributed by atoms with Crippen molar-refractivity contribution in [1.82, 2.24) is 4.90 Å². The van der Waals surface area contributed by atoms with Gasteiger partial charge in [0.2, 0.25) is 0 Å². The van der Waals surface area contributed by atoms with Crippen LogP contribution in [-0.4, -0.2) is 36.3 Å². The fraction of sp³-hybridized carbons (Fsp3) is 0.538. The van der Waals surface area contributed by atoms with Gasteiger partial charge in [-0.15, -0.1) is 11.8 Å². The van der Waals surface area contributed by atoms with Gasteiger partial charge in [0.1, 0.15) is 5.82 Å². The van der Waals surface area contributed by atoms with Gasteiger partial charge in [-0.2, -0.15) is 0 Å². The Morgan fingerprint density at radius 3 is 3.00 bits per heavy atom. The Balaban J connectivity index is 1.74. The highest BCUT2D eigenvalue weighted by molar-refractivity contribution is 7.99. The van der Waals surface area contributed by atoms with Crippen molar-refractivity contribution in [2.45, 2.75) is 23.8 Å². The number of halogens is 1. The van der Waals surface area contributed by atoms with Gasteiger partial charge in [0.15, 0.2) is 0 Å². The Hall–Kier alpha value is -0.580. The average Bonchev–Trinajstić information content (AvgIpc) is 2.32. The monoisotopic (exact) mass is 254 g/mol. The third kappa shape index (κ3) is 3.98. The topological polar surface area (TPSA) is 29.3 Å². The first kappa shape index (κ1) is 12.9. The number of nitrogens with zero attached hydrogens (tertiary/aromatic N) is 1. The van der Waals surface area contributed by atoms with E-state index < -0.39 is 0 Å². The quantitative estimate of drug-likeness (QED) is 0.836. The maximum atomic E-state index is 13.4. The molecule has 0 bridgehead atoms. The molecule has 4 heteroatoms. The molecule has 94 valence electrons. The highest BCUT2D eigenvalue weighted by Crippen LogP contribution is 2.21. The number of nitrogens with two attached hydrogens (primary N) is 1. The Morgan fingerprint density at radius 1 is 1.41 bits per heavy atom. The minimum atomic E-state index is -0.118. The molecular weight excluding hydrogens is 235 g/mol. The summed E-state index contributed by atoms with van der Waals surface area (Å²) in [5.41, 5.74) is 5.92. The number of piperidine rings is 1. The molecule has 0 amide bonds. The first-order chi connectivity index (χ1) is 8.25. The molecule has 0 unspecified atom stereocenters. The molecular formula is C13H19FN2S. The molecule has 1 saturated heterocycles. The van der Waals surface area contributed by atoms with Crippen molar-refractivity contribution in [3.8, 4) is 0 Å². The van der Waals surface area contributed by atoms with E-state index in [2.05, 4.69) is 4.90 Å². The lowest BCUT2D eigenvalue weighted by molar-refractivity contribution is 0.221. The number of hydrogen-bond donors (Lipinski definition) is 1. The molecule has 0 aromatic heterocycles. The zero-order chi connectivity index (χ0) is 12.1. The van der Waals surface area contributed by atoms with Gasteiger partial charge in [0.25, 0.3) is 0 Å². The smallest absolute Gasteiger partial charge is 0.136 e. The average molecular weight is 254 g/mol. The van der Waals surface area contributed by atoms with Crippen molar-refractivity contribution >= 4 is 11.8 Å². The summed E-state index contributed by atoms with van der Waals surface area (Å²) in [6.07, 6.45) is 2.32. The molecule has 1 aromatic rings. The predicted octanol–water partition coefficient (Wildman–Crippen LogP) is 2.34. The maximum Gasteiger partial charge on any atom is 0.136 e. The molecule has 2 N–H and O–H groups in total. The van der Waals surface area contributed by atoms with Gasteiger partial charge < -0.3 is 10.6 Å². The van der Waals surface area contributed by atoms with Crippen LogP contribution in [-0.2, 0) is 0 Å². The molecule has 0 aliphatic carbocycles. The van der Waals surface area contributed by atoms with E-state index in [4.69, 9.17) is 5.73 Å². The van der Waals surface area contributed by atoms with Gasteiger partial charge in [-0.3, -0.25) is 0 Å². The van der Waals surface area contributed by atoms with E-state index in [1.165, 1.54) is 12.5 Å². The van der Waals surface area contributed by atoms with Crippen LogP contribution in [0.5, 0.6) is 0 Å². The van der Waals surface area contributed by atoms with Crippen LogP contribution in [0, 0.1) is 5.82 Å². The van der Waals surface area contributed by atoms with Crippen LogP contribution in [0.1, 0.15) is 12.8 Å². The molecule has 0 radical (unpaired) electrons. The van der Waals surface area contributed by atoms with Crippen molar-refractivity contribution in [2.24, 2.45) is 5.73 Å². The molecule has 17 heavy (non-hydrogen) atoms. The fourth-order valence-electron chi connectivity index (χ4n) is 2.14. The first-order valence-corrected chi connectivity index (χ1v) is 7.09. The van der Waals surface area contributed by atoms with Crippen molar-refractivity contribution in [2.75, 3.05) is 25.4 Å². The fourth-order valence-corrected chi connectivity index (χ4v) is 3.09. The minimum Gasteiger partial charge on any atom is -0.327 e. The second kappa shape index (κ2) is 6.38. The Morgan fingerprint density at radius 2 is 2.24 bits per heavy atom. The van der Waals surface area contributed by atoms with Crippen molar-refractivity contribution < 1.29 is 4.39 Å². The highest BCUT2D eigenvalue weighted by atomic mass is 32.2. The van der Waals surface area contributed by atoms with Crippen LogP contribution in [0.25, 0.3) is 0 Å². The van der Waals surface area contributed by atoms with Crippen molar-refractivity contribution in [3.63, 3.8) is 0 Å². The number of benzene rings is 1. The van der Waals surface area contributed by atoms with Gasteiger partial charge in [-0.25, -0.2) is 4.39 Å². The molecule has 1 aliphatic heterocycles. The number of hydrogen-bond acceptors (Lipinski definition) is 3. The van der Waals surface area contributed by atoms with Crippen LogP contribution in [0.15, 0.2) is 29.2 Å². The molecule has 1 atom stereocenters. The predicted molar refractivity (Wildman–Crippen MR) is 70.8 cm³/mol. The van der Waals surface area contributed by atoms with Gasteiger partial charge in [-0.05, 0) is 31.5 Å². The maximum absolute atomic E-state index is 13.4.